The number of aromatic nitrogens is 3. The second kappa shape index (κ2) is 6.35. The summed E-state index contributed by atoms with van der Waals surface area (Å²) in [5.41, 5.74) is -2.96. The van der Waals surface area contributed by atoms with Gasteiger partial charge in [0, 0.05) is 12.6 Å². The van der Waals surface area contributed by atoms with Crippen molar-refractivity contribution in [3.8, 4) is 0 Å². The van der Waals surface area contributed by atoms with Crippen LogP contribution in [0.5, 0.6) is 0 Å². The Hall–Kier alpha value is -2.85. The molecule has 0 radical (unpaired) electrons. The van der Waals surface area contributed by atoms with Crippen molar-refractivity contribution in [2.75, 3.05) is 5.32 Å². The van der Waals surface area contributed by atoms with E-state index in [1.807, 2.05) is 0 Å². The quantitative estimate of drug-likeness (QED) is 0.747. The summed E-state index contributed by atoms with van der Waals surface area (Å²) >= 11 is 0. The molecule has 1 N–H and O–H groups in total. The minimum atomic E-state index is -4.64. The van der Waals surface area contributed by atoms with Crippen LogP contribution in [0.1, 0.15) is 25.8 Å². The molecule has 0 spiro atoms. The SMILES string of the molecule is CC(C)(CC(=O)Nc1nc2cc(C(F)(F)F)cnc2n1C1=CC=C1)C(F)(F)F. The van der Waals surface area contributed by atoms with Crippen molar-refractivity contribution >= 4 is 28.7 Å². The molecule has 28 heavy (non-hydrogen) atoms. The number of alkyl halides is 6. The Labute approximate surface area is 154 Å². The first-order valence-electron chi connectivity index (χ1n) is 8.01. The van der Waals surface area contributed by atoms with E-state index in [-0.39, 0.29) is 17.1 Å². The van der Waals surface area contributed by atoms with E-state index in [0.717, 1.165) is 19.9 Å². The zero-order valence-corrected chi connectivity index (χ0v) is 14.6. The van der Waals surface area contributed by atoms with Crippen LogP contribution in [-0.4, -0.2) is 26.6 Å². The number of rotatable bonds is 4. The Morgan fingerprint density at radius 1 is 1.18 bits per heavy atom. The van der Waals surface area contributed by atoms with Crippen molar-refractivity contribution in [2.24, 2.45) is 5.41 Å². The number of fused-ring (bicyclic) bond motifs is 1. The highest BCUT2D eigenvalue weighted by molar-refractivity contribution is 5.94. The lowest BCUT2D eigenvalue weighted by Gasteiger charge is -2.26. The molecule has 150 valence electrons. The number of nitrogens with one attached hydrogen (secondary N) is 1. The largest absolute Gasteiger partial charge is 0.417 e. The Kier molecular flexibility index (Phi) is 4.51. The van der Waals surface area contributed by atoms with Crippen LogP contribution in [0, 0.1) is 5.41 Å². The first-order valence-corrected chi connectivity index (χ1v) is 8.01. The highest BCUT2D eigenvalue weighted by atomic mass is 19.4. The maximum Gasteiger partial charge on any atom is 0.417 e. The van der Waals surface area contributed by atoms with Crippen LogP contribution in [0.4, 0.5) is 32.3 Å². The van der Waals surface area contributed by atoms with E-state index in [0.29, 0.717) is 11.9 Å². The van der Waals surface area contributed by atoms with Crippen molar-refractivity contribution in [1.29, 1.82) is 0 Å². The number of carbonyl (C=O) groups is 1. The third-order valence-electron chi connectivity index (χ3n) is 4.24. The highest BCUT2D eigenvalue weighted by Gasteiger charge is 2.48. The standard InChI is InChI=1S/C17H14F6N4O/c1-15(2,17(21,22)23)7-12(28)26-14-25-11-6-9(16(18,19)20)8-24-13(11)27(14)10-4-3-5-10/h3-6,8H,7H2,1-2H3,(H,25,26,28). The molecule has 1 aliphatic carbocycles. The Balaban J connectivity index is 1.97. The molecule has 1 aliphatic rings. The first kappa shape index (κ1) is 19.9. The third kappa shape index (κ3) is 3.60. The molecule has 0 atom stereocenters. The molecule has 0 bridgehead atoms. The lowest BCUT2D eigenvalue weighted by molar-refractivity contribution is -0.213. The molecule has 2 aromatic heterocycles. The van der Waals surface area contributed by atoms with Crippen molar-refractivity contribution in [2.45, 2.75) is 32.6 Å². The molecule has 5 nitrogen and oxygen atoms in total. The first-order chi connectivity index (χ1) is 12.8. The average Bonchev–Trinajstić information content (AvgIpc) is 2.80. The van der Waals surface area contributed by atoms with Crippen LogP contribution >= 0.6 is 0 Å². The normalized spacial score (nSPS) is 14.8. The van der Waals surface area contributed by atoms with E-state index in [1.54, 1.807) is 18.2 Å². The van der Waals surface area contributed by atoms with E-state index < -0.39 is 35.7 Å². The number of nitrogens with zero attached hydrogens (tertiary/aromatic N) is 3. The fourth-order valence-corrected chi connectivity index (χ4v) is 2.45. The smallest absolute Gasteiger partial charge is 0.296 e. The number of pyridine rings is 1. The maximum absolute atomic E-state index is 13.0. The summed E-state index contributed by atoms with van der Waals surface area (Å²) in [7, 11) is 0. The Morgan fingerprint density at radius 2 is 1.82 bits per heavy atom. The number of imidazole rings is 1. The van der Waals surface area contributed by atoms with Gasteiger partial charge in [0.05, 0.1) is 16.7 Å². The van der Waals surface area contributed by atoms with Gasteiger partial charge in [0.1, 0.15) is 5.52 Å². The van der Waals surface area contributed by atoms with E-state index in [4.69, 9.17) is 0 Å². The van der Waals surface area contributed by atoms with E-state index in [9.17, 15) is 31.1 Å². The molecule has 11 heteroatoms. The van der Waals surface area contributed by atoms with Crippen molar-refractivity contribution in [1.82, 2.24) is 14.5 Å². The molecule has 0 aromatic carbocycles. The molecule has 0 saturated heterocycles. The number of anilines is 1. The maximum atomic E-state index is 13.0. The van der Waals surface area contributed by atoms with Gasteiger partial charge in [0.15, 0.2) is 5.65 Å². The second-order valence-electron chi connectivity index (χ2n) is 6.89. The zero-order chi connectivity index (χ0) is 20.9. The summed E-state index contributed by atoms with van der Waals surface area (Å²) in [4.78, 5) is 19.9. The second-order valence-corrected chi connectivity index (χ2v) is 6.89. The summed E-state index contributed by atoms with van der Waals surface area (Å²) in [6.07, 6.45) is -4.67. The Bertz CT molecular complexity index is 997. The molecular weight excluding hydrogens is 390 g/mol. The number of carbonyl (C=O) groups excluding carboxylic acids is 1. The lowest BCUT2D eigenvalue weighted by atomic mass is 9.88. The van der Waals surface area contributed by atoms with Crippen LogP contribution in [0.15, 0.2) is 30.5 Å². The molecule has 1 amide bonds. The van der Waals surface area contributed by atoms with Gasteiger partial charge in [0.25, 0.3) is 0 Å². The van der Waals surface area contributed by atoms with Gasteiger partial charge in [-0.25, -0.2) is 9.97 Å². The van der Waals surface area contributed by atoms with Crippen LogP contribution in [-0.2, 0) is 11.0 Å². The van der Waals surface area contributed by atoms with Gasteiger partial charge in [-0.1, -0.05) is 19.9 Å². The van der Waals surface area contributed by atoms with E-state index in [1.165, 1.54) is 4.57 Å². The molecule has 3 rings (SSSR count). The number of hydrogen-bond acceptors (Lipinski definition) is 3. The van der Waals surface area contributed by atoms with Gasteiger partial charge in [-0.15, -0.1) is 0 Å². The molecule has 0 fully saturated rings. The predicted octanol–water partition coefficient (Wildman–Crippen LogP) is 4.78. The summed E-state index contributed by atoms with van der Waals surface area (Å²) < 4.78 is 78.9. The lowest BCUT2D eigenvalue weighted by Crippen LogP contribution is -2.36. The van der Waals surface area contributed by atoms with E-state index >= 15 is 0 Å². The fourth-order valence-electron chi connectivity index (χ4n) is 2.45. The molecule has 0 saturated carbocycles. The average molecular weight is 404 g/mol. The minimum absolute atomic E-state index is 0.0361. The topological polar surface area (TPSA) is 59.8 Å². The van der Waals surface area contributed by atoms with Crippen LogP contribution in [0.25, 0.3) is 16.9 Å². The number of halogens is 6. The zero-order valence-electron chi connectivity index (χ0n) is 14.6. The van der Waals surface area contributed by atoms with Gasteiger partial charge in [-0.05, 0) is 18.2 Å². The predicted molar refractivity (Wildman–Crippen MR) is 89.0 cm³/mol. The van der Waals surface area contributed by atoms with Crippen molar-refractivity contribution in [3.63, 3.8) is 0 Å². The van der Waals surface area contributed by atoms with Crippen LogP contribution in [0.2, 0.25) is 0 Å². The number of hydrogen-bond donors (Lipinski definition) is 1. The van der Waals surface area contributed by atoms with Crippen molar-refractivity contribution in [3.05, 3.63) is 36.1 Å². The summed E-state index contributed by atoms with van der Waals surface area (Å²) in [5.74, 6) is -1.18. The molecule has 2 aromatic rings. The van der Waals surface area contributed by atoms with Crippen LogP contribution < -0.4 is 5.32 Å². The highest BCUT2D eigenvalue weighted by Crippen LogP contribution is 2.40. The Morgan fingerprint density at radius 3 is 2.32 bits per heavy atom. The van der Waals surface area contributed by atoms with E-state index in [2.05, 4.69) is 15.3 Å². The fraction of sp³-hybridized carbons (Fsp3) is 0.353. The molecule has 0 aliphatic heterocycles. The summed E-state index contributed by atoms with van der Waals surface area (Å²) in [6.45, 7) is 1.76. The molecule has 0 unspecified atom stereocenters. The monoisotopic (exact) mass is 404 g/mol. The third-order valence-corrected chi connectivity index (χ3v) is 4.24. The molecule has 2 heterocycles. The summed E-state index contributed by atoms with van der Waals surface area (Å²) in [5, 5.41) is 2.25. The van der Waals surface area contributed by atoms with Crippen LogP contribution in [0.3, 0.4) is 0 Å². The summed E-state index contributed by atoms with van der Waals surface area (Å²) in [6, 6.07) is 0.761. The van der Waals surface area contributed by atoms with Gasteiger partial charge in [-0.2, -0.15) is 26.3 Å². The van der Waals surface area contributed by atoms with Gasteiger partial charge in [0.2, 0.25) is 11.9 Å². The van der Waals surface area contributed by atoms with Gasteiger partial charge < -0.3 is 0 Å². The van der Waals surface area contributed by atoms with Crippen molar-refractivity contribution < 1.29 is 31.1 Å². The van der Waals surface area contributed by atoms with Gasteiger partial charge in [-0.3, -0.25) is 14.7 Å². The minimum Gasteiger partial charge on any atom is -0.296 e. The number of allylic oxidation sites excluding steroid dienone is 4. The van der Waals surface area contributed by atoms with Gasteiger partial charge >= 0.3 is 12.4 Å². The molecular formula is C17H14F6N4O. The number of amides is 1.